The summed E-state index contributed by atoms with van der Waals surface area (Å²) in [5, 5.41) is 11.7. The highest BCUT2D eigenvalue weighted by Gasteiger charge is 2.48. The molecule has 1 saturated heterocycles. The van der Waals surface area contributed by atoms with E-state index in [2.05, 4.69) is 18.1 Å². The van der Waals surface area contributed by atoms with Gasteiger partial charge in [0.05, 0.1) is 20.1 Å². The zero-order chi connectivity index (χ0) is 22.4. The van der Waals surface area contributed by atoms with E-state index in [0.29, 0.717) is 12.2 Å². The van der Waals surface area contributed by atoms with E-state index in [0.717, 1.165) is 68.2 Å². The minimum Gasteiger partial charge on any atom is -0.457 e. The molecule has 2 heterocycles. The molecule has 4 rings (SSSR count). The number of pyridine rings is 1. The van der Waals surface area contributed by atoms with E-state index in [1.807, 2.05) is 48.7 Å². The fraction of sp³-hybridized carbons (Fsp3) is 0.556. The molecule has 2 unspecified atom stereocenters. The number of aromatic nitrogens is 1. The number of benzene rings is 1. The first kappa shape index (κ1) is 22.9. The van der Waals surface area contributed by atoms with E-state index < -0.39 is 11.6 Å². The van der Waals surface area contributed by atoms with Gasteiger partial charge in [0.25, 0.3) is 0 Å². The van der Waals surface area contributed by atoms with Crippen LogP contribution in [0.1, 0.15) is 56.2 Å². The maximum absolute atomic E-state index is 13.4. The van der Waals surface area contributed by atoms with Gasteiger partial charge in [0.1, 0.15) is 12.6 Å². The molecular weight excluding hydrogens is 400 g/mol. The fourth-order valence-electron chi connectivity index (χ4n) is 5.67. The summed E-state index contributed by atoms with van der Waals surface area (Å²) in [6.45, 7) is 2.42. The summed E-state index contributed by atoms with van der Waals surface area (Å²) < 4.78 is 6.81. The monoisotopic (exact) mass is 437 g/mol. The highest BCUT2D eigenvalue weighted by atomic mass is 16.6. The Hall–Kier alpha value is -2.24. The number of rotatable bonds is 8. The van der Waals surface area contributed by atoms with Crippen LogP contribution in [0.2, 0.25) is 0 Å². The van der Waals surface area contributed by atoms with E-state index in [4.69, 9.17) is 4.74 Å². The molecule has 2 aliphatic rings. The van der Waals surface area contributed by atoms with Crippen molar-refractivity contribution in [3.8, 4) is 0 Å². The number of carbonyl (C=O) groups is 1. The molecule has 2 fully saturated rings. The summed E-state index contributed by atoms with van der Waals surface area (Å²) in [5.74, 6) is -0.557. The molecule has 0 spiro atoms. The smallest absolute Gasteiger partial charge is 0.343 e. The summed E-state index contributed by atoms with van der Waals surface area (Å²) in [4.78, 5) is 17.9. The zero-order valence-electron chi connectivity index (χ0n) is 19.3. The molecule has 0 amide bonds. The highest BCUT2D eigenvalue weighted by Crippen LogP contribution is 2.40. The van der Waals surface area contributed by atoms with Gasteiger partial charge in [0.15, 0.2) is 5.60 Å². The van der Waals surface area contributed by atoms with Gasteiger partial charge in [-0.3, -0.25) is 4.98 Å². The first-order valence-electron chi connectivity index (χ1n) is 12.2. The van der Waals surface area contributed by atoms with Crippen LogP contribution in [0.4, 0.5) is 0 Å². The van der Waals surface area contributed by atoms with Crippen molar-refractivity contribution >= 4 is 5.97 Å². The Kier molecular flexibility index (Phi) is 7.27. The number of likely N-dealkylation sites (tertiary alicyclic amines) is 1. The van der Waals surface area contributed by atoms with Gasteiger partial charge in [-0.1, -0.05) is 55.7 Å². The third kappa shape index (κ3) is 4.89. The van der Waals surface area contributed by atoms with Crippen LogP contribution >= 0.6 is 0 Å². The molecule has 32 heavy (non-hydrogen) atoms. The third-order valence-electron chi connectivity index (χ3n) is 7.82. The molecule has 1 N–H and O–H groups in total. The van der Waals surface area contributed by atoms with Crippen molar-refractivity contribution in [2.75, 3.05) is 26.7 Å². The lowest BCUT2D eigenvalue weighted by Crippen LogP contribution is -2.52. The van der Waals surface area contributed by atoms with Crippen molar-refractivity contribution in [1.82, 2.24) is 4.98 Å². The SMILES string of the molecule is C[N+]1(CCc2ccccn2)CCCC1COC(=O)[C@](O)(c1ccccc1)C1CCCCC1. The van der Waals surface area contributed by atoms with E-state index in [-0.39, 0.29) is 12.0 Å². The van der Waals surface area contributed by atoms with Gasteiger partial charge >= 0.3 is 5.97 Å². The van der Waals surface area contributed by atoms with Crippen LogP contribution in [0.3, 0.4) is 0 Å². The Bertz CT molecular complexity index is 869. The second-order valence-corrected chi connectivity index (χ2v) is 9.86. The van der Waals surface area contributed by atoms with E-state index in [1.54, 1.807) is 0 Å². The van der Waals surface area contributed by atoms with Gasteiger partial charge < -0.3 is 14.3 Å². The number of esters is 1. The Morgan fingerprint density at radius 3 is 2.53 bits per heavy atom. The summed E-state index contributed by atoms with van der Waals surface area (Å²) >= 11 is 0. The first-order chi connectivity index (χ1) is 15.5. The van der Waals surface area contributed by atoms with Crippen LogP contribution in [0, 0.1) is 5.92 Å². The number of ether oxygens (including phenoxy) is 1. The molecule has 5 heteroatoms. The normalized spacial score (nSPS) is 25.9. The molecule has 0 radical (unpaired) electrons. The largest absolute Gasteiger partial charge is 0.457 e. The van der Waals surface area contributed by atoms with Crippen LogP contribution in [0.25, 0.3) is 0 Å². The van der Waals surface area contributed by atoms with E-state index in [1.165, 1.54) is 6.42 Å². The second kappa shape index (κ2) is 10.1. The van der Waals surface area contributed by atoms with Gasteiger partial charge in [-0.2, -0.15) is 0 Å². The molecule has 1 aromatic heterocycles. The average molecular weight is 438 g/mol. The van der Waals surface area contributed by atoms with E-state index in [9.17, 15) is 9.90 Å². The second-order valence-electron chi connectivity index (χ2n) is 9.86. The van der Waals surface area contributed by atoms with Crippen LogP contribution < -0.4 is 0 Å². The van der Waals surface area contributed by atoms with Crippen molar-refractivity contribution < 1.29 is 19.1 Å². The van der Waals surface area contributed by atoms with Crippen molar-refractivity contribution in [3.05, 3.63) is 66.0 Å². The Morgan fingerprint density at radius 1 is 1.06 bits per heavy atom. The lowest BCUT2D eigenvalue weighted by atomic mass is 9.73. The number of nitrogens with zero attached hydrogens (tertiary/aromatic N) is 2. The van der Waals surface area contributed by atoms with Gasteiger partial charge in [-0.05, 0) is 30.5 Å². The van der Waals surface area contributed by atoms with Gasteiger partial charge in [0, 0.05) is 37.1 Å². The minimum atomic E-state index is -1.56. The predicted octanol–water partition coefficient (Wildman–Crippen LogP) is 4.24. The fourth-order valence-corrected chi connectivity index (χ4v) is 5.67. The van der Waals surface area contributed by atoms with Crippen molar-refractivity contribution in [2.24, 2.45) is 5.92 Å². The molecule has 1 aliphatic carbocycles. The molecule has 3 atom stereocenters. The number of likely N-dealkylation sites (N-methyl/N-ethyl adjacent to an activating group) is 1. The number of aliphatic hydroxyl groups is 1. The summed E-state index contributed by atoms with van der Waals surface area (Å²) in [5.41, 5.74) is 0.207. The summed E-state index contributed by atoms with van der Waals surface area (Å²) in [7, 11) is 2.26. The minimum absolute atomic E-state index is 0.0836. The number of hydrogen-bond donors (Lipinski definition) is 1. The molecule has 1 aliphatic heterocycles. The van der Waals surface area contributed by atoms with Gasteiger partial charge in [-0.25, -0.2) is 4.79 Å². The molecule has 172 valence electrons. The molecule has 0 bridgehead atoms. The summed E-state index contributed by atoms with van der Waals surface area (Å²) in [6.07, 6.45) is 9.93. The maximum atomic E-state index is 13.4. The Labute approximate surface area is 192 Å². The topological polar surface area (TPSA) is 59.4 Å². The van der Waals surface area contributed by atoms with Crippen LogP contribution in [-0.2, 0) is 21.6 Å². The third-order valence-corrected chi connectivity index (χ3v) is 7.82. The maximum Gasteiger partial charge on any atom is 0.343 e. The lowest BCUT2D eigenvalue weighted by Gasteiger charge is -2.39. The van der Waals surface area contributed by atoms with Crippen molar-refractivity contribution in [1.29, 1.82) is 0 Å². The molecule has 1 saturated carbocycles. The zero-order valence-corrected chi connectivity index (χ0v) is 19.3. The van der Waals surface area contributed by atoms with Gasteiger partial charge in [0.2, 0.25) is 0 Å². The van der Waals surface area contributed by atoms with Gasteiger partial charge in [-0.15, -0.1) is 0 Å². The molecule has 5 nitrogen and oxygen atoms in total. The van der Waals surface area contributed by atoms with E-state index >= 15 is 0 Å². The quantitative estimate of drug-likeness (QED) is 0.496. The van der Waals surface area contributed by atoms with Crippen LogP contribution in [0.5, 0.6) is 0 Å². The van der Waals surface area contributed by atoms with Crippen LogP contribution in [0.15, 0.2) is 54.7 Å². The molecular formula is C27H37N2O3+. The van der Waals surface area contributed by atoms with Crippen molar-refractivity contribution in [3.63, 3.8) is 0 Å². The molecule has 2 aromatic rings. The average Bonchev–Trinajstić information content (AvgIpc) is 3.23. The standard InChI is InChI=1S/C27H37N2O3/c1-29(20-17-24-15-8-9-18-28-24)19-10-16-25(29)21-32-26(30)27(31,22-11-4-2-5-12-22)23-13-6-3-7-14-23/h2,4-5,8-9,11-12,15,18,23,25,31H,3,6-7,10,13-14,16-17,19-21H2,1H3/q+1/t25?,27-,29?/m0/s1. The van der Waals surface area contributed by atoms with Crippen molar-refractivity contribution in [2.45, 2.75) is 63.0 Å². The number of hydrogen-bond acceptors (Lipinski definition) is 4. The Morgan fingerprint density at radius 2 is 1.81 bits per heavy atom. The lowest BCUT2D eigenvalue weighted by molar-refractivity contribution is -0.921. The molecule has 1 aromatic carbocycles. The number of quaternary nitrogens is 1. The Balaban J connectivity index is 1.44. The first-order valence-corrected chi connectivity index (χ1v) is 12.2. The van der Waals surface area contributed by atoms with Crippen LogP contribution in [-0.4, -0.2) is 53.3 Å². The number of carbonyl (C=O) groups excluding carboxylic acids is 1. The highest BCUT2D eigenvalue weighted by molar-refractivity contribution is 5.81. The summed E-state index contributed by atoms with van der Waals surface area (Å²) in [6, 6.07) is 15.7. The predicted molar refractivity (Wildman–Crippen MR) is 125 cm³/mol.